The molecular formula is C14H26ClNO. The Morgan fingerprint density at radius 2 is 1.94 bits per heavy atom. The summed E-state index contributed by atoms with van der Waals surface area (Å²) in [5.74, 6) is 0.827. The number of carbonyl (C=O) groups excluding carboxylic acids is 1. The molecule has 0 aromatic heterocycles. The minimum Gasteiger partial charge on any atom is -0.350 e. The topological polar surface area (TPSA) is 29.1 Å². The van der Waals surface area contributed by atoms with E-state index in [9.17, 15) is 4.79 Å². The Morgan fingerprint density at radius 1 is 1.35 bits per heavy atom. The number of hydrogen-bond donors (Lipinski definition) is 1. The summed E-state index contributed by atoms with van der Waals surface area (Å²) in [6.07, 6.45) is 7.47. The summed E-state index contributed by atoms with van der Waals surface area (Å²) in [4.78, 5) is 12.4. The summed E-state index contributed by atoms with van der Waals surface area (Å²) < 4.78 is 0. The smallest absolute Gasteiger partial charge is 0.226 e. The summed E-state index contributed by atoms with van der Waals surface area (Å²) in [7, 11) is 0. The van der Waals surface area contributed by atoms with Crippen LogP contribution in [0.3, 0.4) is 0 Å². The van der Waals surface area contributed by atoms with Crippen molar-refractivity contribution in [1.29, 1.82) is 0 Å². The van der Waals surface area contributed by atoms with Crippen molar-refractivity contribution >= 4 is 17.5 Å². The van der Waals surface area contributed by atoms with E-state index in [1.54, 1.807) is 0 Å². The number of carbonyl (C=O) groups is 1. The van der Waals surface area contributed by atoms with E-state index in [1.165, 1.54) is 19.3 Å². The lowest BCUT2D eigenvalue weighted by atomic mass is 9.74. The highest BCUT2D eigenvalue weighted by molar-refractivity contribution is 6.17. The van der Waals surface area contributed by atoms with Crippen LogP contribution in [0.15, 0.2) is 0 Å². The molecule has 0 spiro atoms. The van der Waals surface area contributed by atoms with Gasteiger partial charge in [0.2, 0.25) is 5.91 Å². The van der Waals surface area contributed by atoms with E-state index >= 15 is 0 Å². The normalized spacial score (nSPS) is 22.8. The Kier molecular flexibility index (Phi) is 5.30. The van der Waals surface area contributed by atoms with Crippen LogP contribution in [0.25, 0.3) is 0 Å². The van der Waals surface area contributed by atoms with Crippen molar-refractivity contribution in [3.05, 3.63) is 0 Å². The van der Waals surface area contributed by atoms with E-state index in [4.69, 9.17) is 11.6 Å². The summed E-state index contributed by atoms with van der Waals surface area (Å²) in [5, 5.41) is 3.23. The number of halogens is 1. The molecule has 0 radical (unpaired) electrons. The Morgan fingerprint density at radius 3 is 2.41 bits per heavy atom. The molecule has 1 saturated carbocycles. The van der Waals surface area contributed by atoms with Crippen molar-refractivity contribution in [2.75, 3.05) is 5.88 Å². The van der Waals surface area contributed by atoms with Crippen molar-refractivity contribution in [1.82, 2.24) is 5.32 Å². The van der Waals surface area contributed by atoms with Gasteiger partial charge in [-0.15, -0.1) is 11.6 Å². The highest BCUT2D eigenvalue weighted by Gasteiger charge is 2.37. The molecule has 2 nitrogen and oxygen atoms in total. The third-order valence-electron chi connectivity index (χ3n) is 4.35. The minimum absolute atomic E-state index is 0.140. The van der Waals surface area contributed by atoms with Crippen LogP contribution in [0.4, 0.5) is 0 Å². The molecule has 3 heteroatoms. The second kappa shape index (κ2) is 6.08. The number of rotatable bonds is 5. The van der Waals surface area contributed by atoms with Crippen molar-refractivity contribution < 1.29 is 4.79 Å². The van der Waals surface area contributed by atoms with Gasteiger partial charge in [0.1, 0.15) is 0 Å². The van der Waals surface area contributed by atoms with Crippen LogP contribution >= 0.6 is 11.6 Å². The fraction of sp³-hybridized carbons (Fsp3) is 0.929. The SMILES string of the molecule is CCC(C)(CCCl)NC(=O)C1(C)CCCCC1. The quantitative estimate of drug-likeness (QED) is 0.746. The van der Waals surface area contributed by atoms with Crippen molar-refractivity contribution in [3.63, 3.8) is 0 Å². The molecule has 1 amide bonds. The average Bonchev–Trinajstić information content (AvgIpc) is 2.30. The predicted octanol–water partition coefficient (Wildman–Crippen LogP) is 3.87. The van der Waals surface area contributed by atoms with Gasteiger partial charge < -0.3 is 5.32 Å². The second-order valence-corrected chi connectivity index (χ2v) is 6.31. The molecule has 1 fully saturated rings. The van der Waals surface area contributed by atoms with Crippen molar-refractivity contribution in [2.45, 2.75) is 71.3 Å². The first kappa shape index (κ1) is 14.8. The summed E-state index contributed by atoms with van der Waals surface area (Å²) in [6, 6.07) is 0. The lowest BCUT2D eigenvalue weighted by molar-refractivity contribution is -0.133. The molecule has 1 N–H and O–H groups in total. The Balaban J connectivity index is 2.63. The highest BCUT2D eigenvalue weighted by atomic mass is 35.5. The largest absolute Gasteiger partial charge is 0.350 e. The molecule has 0 aromatic rings. The molecule has 1 atom stereocenters. The number of hydrogen-bond acceptors (Lipinski definition) is 1. The molecule has 0 aliphatic heterocycles. The van der Waals surface area contributed by atoms with Gasteiger partial charge in [-0.2, -0.15) is 0 Å². The fourth-order valence-electron chi connectivity index (χ4n) is 2.52. The third kappa shape index (κ3) is 3.87. The summed E-state index contributed by atoms with van der Waals surface area (Å²) in [5.41, 5.74) is -0.291. The van der Waals surface area contributed by atoms with E-state index in [2.05, 4.69) is 26.1 Å². The predicted molar refractivity (Wildman–Crippen MR) is 73.4 cm³/mol. The standard InChI is InChI=1S/C14H26ClNO/c1-4-14(3,10-11-15)16-12(17)13(2)8-6-5-7-9-13/h4-11H2,1-3H3,(H,16,17). The Hall–Kier alpha value is -0.240. The molecule has 0 saturated heterocycles. The van der Waals surface area contributed by atoms with Crippen molar-refractivity contribution in [2.24, 2.45) is 5.41 Å². The third-order valence-corrected chi connectivity index (χ3v) is 4.54. The van der Waals surface area contributed by atoms with Gasteiger partial charge in [-0.3, -0.25) is 4.79 Å². The molecular weight excluding hydrogens is 234 g/mol. The maximum atomic E-state index is 12.4. The maximum absolute atomic E-state index is 12.4. The number of alkyl halides is 1. The van der Waals surface area contributed by atoms with Crippen LogP contribution in [-0.4, -0.2) is 17.3 Å². The first-order chi connectivity index (χ1) is 7.96. The van der Waals surface area contributed by atoms with Crippen LogP contribution in [0.5, 0.6) is 0 Å². The van der Waals surface area contributed by atoms with Gasteiger partial charge in [-0.1, -0.05) is 33.1 Å². The van der Waals surface area contributed by atoms with Gasteiger partial charge in [-0.25, -0.2) is 0 Å². The fourth-order valence-corrected chi connectivity index (χ4v) is 2.94. The summed E-state index contributed by atoms with van der Waals surface area (Å²) in [6.45, 7) is 6.31. The first-order valence-corrected chi connectivity index (χ1v) is 7.38. The molecule has 0 heterocycles. The first-order valence-electron chi connectivity index (χ1n) is 6.84. The Labute approximate surface area is 110 Å². The van der Waals surface area contributed by atoms with Crippen molar-refractivity contribution in [3.8, 4) is 0 Å². The van der Waals surface area contributed by atoms with Crippen LogP contribution in [0.1, 0.15) is 65.7 Å². The zero-order valence-corrected chi connectivity index (χ0v) is 12.2. The lowest BCUT2D eigenvalue weighted by Crippen LogP contribution is -2.51. The maximum Gasteiger partial charge on any atom is 0.226 e. The molecule has 0 bridgehead atoms. The van der Waals surface area contributed by atoms with Gasteiger partial charge in [0, 0.05) is 16.8 Å². The lowest BCUT2D eigenvalue weighted by Gasteiger charge is -2.37. The van der Waals surface area contributed by atoms with E-state index < -0.39 is 0 Å². The van der Waals surface area contributed by atoms with Gasteiger partial charge >= 0.3 is 0 Å². The van der Waals surface area contributed by atoms with Gasteiger partial charge in [-0.05, 0) is 32.6 Å². The van der Waals surface area contributed by atoms with Gasteiger partial charge in [0.25, 0.3) is 0 Å². The van der Waals surface area contributed by atoms with E-state index in [-0.39, 0.29) is 16.9 Å². The molecule has 0 aromatic carbocycles. The van der Waals surface area contributed by atoms with E-state index in [1.807, 2.05) is 0 Å². The van der Waals surface area contributed by atoms with E-state index in [0.717, 1.165) is 25.7 Å². The highest BCUT2D eigenvalue weighted by Crippen LogP contribution is 2.36. The van der Waals surface area contributed by atoms with E-state index in [0.29, 0.717) is 5.88 Å². The minimum atomic E-state index is -0.152. The second-order valence-electron chi connectivity index (χ2n) is 5.93. The number of nitrogens with one attached hydrogen (secondary N) is 1. The van der Waals surface area contributed by atoms with Gasteiger partial charge in [0.15, 0.2) is 0 Å². The van der Waals surface area contributed by atoms with Crippen LogP contribution in [0.2, 0.25) is 0 Å². The Bertz CT molecular complexity index is 261. The molecule has 1 unspecified atom stereocenters. The zero-order chi connectivity index (χ0) is 12.9. The average molecular weight is 260 g/mol. The molecule has 17 heavy (non-hydrogen) atoms. The van der Waals surface area contributed by atoms with Crippen LogP contribution < -0.4 is 5.32 Å². The molecule has 1 rings (SSSR count). The van der Waals surface area contributed by atoms with Crippen LogP contribution in [0, 0.1) is 5.41 Å². The molecule has 100 valence electrons. The summed E-state index contributed by atoms with van der Waals surface area (Å²) >= 11 is 5.82. The molecule has 1 aliphatic rings. The van der Waals surface area contributed by atoms with Crippen LogP contribution in [-0.2, 0) is 4.79 Å². The molecule has 1 aliphatic carbocycles. The zero-order valence-electron chi connectivity index (χ0n) is 11.4. The number of amides is 1. The monoisotopic (exact) mass is 259 g/mol. The van der Waals surface area contributed by atoms with Gasteiger partial charge in [0.05, 0.1) is 0 Å².